The van der Waals surface area contributed by atoms with Crippen molar-refractivity contribution in [2.24, 2.45) is 12.8 Å². The average molecular weight is 367 g/mol. The second-order valence-electron chi connectivity index (χ2n) is 5.78. The van der Waals surface area contributed by atoms with Crippen LogP contribution in [-0.4, -0.2) is 33.0 Å². The summed E-state index contributed by atoms with van der Waals surface area (Å²) in [4.78, 5) is 26.4. The maximum Gasteiger partial charge on any atom is 0.256 e. The Hall–Kier alpha value is -2.05. The number of aryl methyl sites for hydroxylation is 2. The van der Waals surface area contributed by atoms with Crippen LogP contribution in [0.4, 0.5) is 0 Å². The second-order valence-corrected chi connectivity index (χ2v) is 6.54. The van der Waals surface area contributed by atoms with Crippen LogP contribution in [0.3, 0.4) is 0 Å². The standard InChI is InChI=1S/C16H16Cl2N4O2/c1-8-3-4-9(13(18)12(8)17)16(24)22-6-5-11-10(7-20-21(11)2)14(22)15(19)23/h3-4,7,14H,5-6H2,1-2H3,(H2,19,23). The lowest BCUT2D eigenvalue weighted by Gasteiger charge is -2.34. The fourth-order valence-corrected chi connectivity index (χ4v) is 3.49. The van der Waals surface area contributed by atoms with Gasteiger partial charge in [-0.3, -0.25) is 14.3 Å². The van der Waals surface area contributed by atoms with E-state index >= 15 is 0 Å². The first-order valence-electron chi connectivity index (χ1n) is 7.38. The normalized spacial score (nSPS) is 16.8. The molecule has 0 radical (unpaired) electrons. The topological polar surface area (TPSA) is 81.2 Å². The molecule has 2 heterocycles. The molecule has 1 aromatic heterocycles. The van der Waals surface area contributed by atoms with Gasteiger partial charge in [-0.1, -0.05) is 29.3 Å². The van der Waals surface area contributed by atoms with E-state index in [-0.39, 0.29) is 16.5 Å². The average Bonchev–Trinajstić information content (AvgIpc) is 2.92. The summed E-state index contributed by atoms with van der Waals surface area (Å²) in [6.07, 6.45) is 2.16. The molecule has 0 bridgehead atoms. The molecule has 2 aromatic rings. The van der Waals surface area contributed by atoms with Gasteiger partial charge in [-0.05, 0) is 18.6 Å². The number of aromatic nitrogens is 2. The van der Waals surface area contributed by atoms with Gasteiger partial charge in [0.25, 0.3) is 5.91 Å². The van der Waals surface area contributed by atoms with Crippen LogP contribution in [0, 0.1) is 6.92 Å². The molecule has 0 saturated carbocycles. The quantitative estimate of drug-likeness (QED) is 0.884. The van der Waals surface area contributed by atoms with E-state index < -0.39 is 11.9 Å². The van der Waals surface area contributed by atoms with Crippen molar-refractivity contribution in [1.29, 1.82) is 0 Å². The van der Waals surface area contributed by atoms with Gasteiger partial charge in [0.1, 0.15) is 6.04 Å². The number of rotatable bonds is 2. The lowest BCUT2D eigenvalue weighted by atomic mass is 9.97. The molecule has 126 valence electrons. The minimum atomic E-state index is -0.869. The second kappa shape index (κ2) is 6.11. The predicted molar refractivity (Wildman–Crippen MR) is 91.1 cm³/mol. The summed E-state index contributed by atoms with van der Waals surface area (Å²) in [6, 6.07) is 2.47. The van der Waals surface area contributed by atoms with Gasteiger partial charge >= 0.3 is 0 Å². The highest BCUT2D eigenvalue weighted by atomic mass is 35.5. The molecule has 2 N–H and O–H groups in total. The van der Waals surface area contributed by atoms with Gasteiger partial charge in [-0.2, -0.15) is 5.10 Å². The molecule has 0 fully saturated rings. The van der Waals surface area contributed by atoms with E-state index in [0.29, 0.717) is 23.6 Å². The van der Waals surface area contributed by atoms with Crippen molar-refractivity contribution in [2.75, 3.05) is 6.54 Å². The zero-order valence-electron chi connectivity index (χ0n) is 13.2. The van der Waals surface area contributed by atoms with E-state index in [1.807, 2.05) is 0 Å². The van der Waals surface area contributed by atoms with Gasteiger partial charge in [0, 0.05) is 31.3 Å². The summed E-state index contributed by atoms with van der Waals surface area (Å²) >= 11 is 12.4. The van der Waals surface area contributed by atoms with Crippen molar-refractivity contribution in [1.82, 2.24) is 14.7 Å². The van der Waals surface area contributed by atoms with Crippen LogP contribution in [0.2, 0.25) is 10.0 Å². The zero-order chi connectivity index (χ0) is 17.6. The molecule has 0 aliphatic carbocycles. The van der Waals surface area contributed by atoms with Gasteiger partial charge in [0.05, 0.1) is 21.8 Å². The Morgan fingerprint density at radius 1 is 1.29 bits per heavy atom. The molecule has 6 nitrogen and oxygen atoms in total. The summed E-state index contributed by atoms with van der Waals surface area (Å²) in [6.45, 7) is 2.15. The predicted octanol–water partition coefficient (Wildman–Crippen LogP) is 2.26. The first kappa shape index (κ1) is 16.8. The number of fused-ring (bicyclic) bond motifs is 1. The number of carbonyl (C=O) groups is 2. The Morgan fingerprint density at radius 2 is 2.00 bits per heavy atom. The molecule has 0 saturated heterocycles. The Morgan fingerprint density at radius 3 is 2.67 bits per heavy atom. The van der Waals surface area contributed by atoms with Gasteiger partial charge in [-0.25, -0.2) is 0 Å². The van der Waals surface area contributed by atoms with Crippen molar-refractivity contribution >= 4 is 35.0 Å². The number of halogens is 2. The molecule has 0 spiro atoms. The van der Waals surface area contributed by atoms with Crippen molar-refractivity contribution < 1.29 is 9.59 Å². The van der Waals surface area contributed by atoms with E-state index in [2.05, 4.69) is 5.10 Å². The maximum atomic E-state index is 13.0. The van der Waals surface area contributed by atoms with Crippen LogP contribution in [-0.2, 0) is 18.3 Å². The monoisotopic (exact) mass is 366 g/mol. The van der Waals surface area contributed by atoms with Gasteiger partial charge in [-0.15, -0.1) is 0 Å². The number of amides is 2. The van der Waals surface area contributed by atoms with Crippen molar-refractivity contribution in [3.05, 3.63) is 50.8 Å². The highest BCUT2D eigenvalue weighted by molar-refractivity contribution is 6.44. The molecular formula is C16H16Cl2N4O2. The number of primary amides is 1. The maximum absolute atomic E-state index is 13.0. The summed E-state index contributed by atoms with van der Waals surface area (Å²) < 4.78 is 1.70. The van der Waals surface area contributed by atoms with Crippen molar-refractivity contribution in [3.8, 4) is 0 Å². The number of carbonyl (C=O) groups excluding carboxylic acids is 2. The first-order valence-corrected chi connectivity index (χ1v) is 8.14. The fourth-order valence-electron chi connectivity index (χ4n) is 3.03. The van der Waals surface area contributed by atoms with E-state index in [1.165, 1.54) is 4.90 Å². The molecule has 1 aromatic carbocycles. The highest BCUT2D eigenvalue weighted by Crippen LogP contribution is 2.34. The van der Waals surface area contributed by atoms with E-state index in [9.17, 15) is 9.59 Å². The lowest BCUT2D eigenvalue weighted by Crippen LogP contribution is -2.45. The highest BCUT2D eigenvalue weighted by Gasteiger charge is 2.37. The van der Waals surface area contributed by atoms with E-state index in [1.54, 1.807) is 37.0 Å². The molecule has 8 heteroatoms. The third kappa shape index (κ3) is 2.56. The van der Waals surface area contributed by atoms with Crippen LogP contribution in [0.5, 0.6) is 0 Å². The third-order valence-electron chi connectivity index (χ3n) is 4.33. The Balaban J connectivity index is 2.04. The number of benzene rings is 1. The van der Waals surface area contributed by atoms with Crippen LogP contribution >= 0.6 is 23.2 Å². The van der Waals surface area contributed by atoms with E-state index in [4.69, 9.17) is 28.9 Å². The molecule has 2 amide bonds. The van der Waals surface area contributed by atoms with Crippen LogP contribution < -0.4 is 5.73 Å². The number of hydrogen-bond acceptors (Lipinski definition) is 3. The smallest absolute Gasteiger partial charge is 0.256 e. The van der Waals surface area contributed by atoms with Gasteiger partial charge < -0.3 is 10.6 Å². The summed E-state index contributed by atoms with van der Waals surface area (Å²) in [5.41, 5.74) is 8.14. The van der Waals surface area contributed by atoms with Crippen LogP contribution in [0.25, 0.3) is 0 Å². The van der Waals surface area contributed by atoms with Crippen molar-refractivity contribution in [3.63, 3.8) is 0 Å². The molecule has 24 heavy (non-hydrogen) atoms. The molecular weight excluding hydrogens is 351 g/mol. The zero-order valence-corrected chi connectivity index (χ0v) is 14.7. The summed E-state index contributed by atoms with van der Waals surface area (Å²) in [7, 11) is 1.80. The molecule has 1 atom stereocenters. The molecule has 1 aliphatic heterocycles. The summed E-state index contributed by atoms with van der Waals surface area (Å²) in [5, 5.41) is 4.68. The minimum absolute atomic E-state index is 0.182. The van der Waals surface area contributed by atoms with Gasteiger partial charge in [0.15, 0.2) is 0 Å². The lowest BCUT2D eigenvalue weighted by molar-refractivity contribution is -0.123. The van der Waals surface area contributed by atoms with Crippen LogP contribution in [0.15, 0.2) is 18.3 Å². The Labute approximate surface area is 149 Å². The molecule has 1 aliphatic rings. The third-order valence-corrected chi connectivity index (χ3v) is 5.30. The largest absolute Gasteiger partial charge is 0.368 e. The first-order chi connectivity index (χ1) is 11.3. The number of hydrogen-bond donors (Lipinski definition) is 1. The fraction of sp³-hybridized carbons (Fsp3) is 0.312. The molecule has 3 rings (SSSR count). The minimum Gasteiger partial charge on any atom is -0.368 e. The summed E-state index contributed by atoms with van der Waals surface area (Å²) in [5.74, 6) is -0.980. The van der Waals surface area contributed by atoms with Crippen LogP contribution in [0.1, 0.15) is 33.2 Å². The van der Waals surface area contributed by atoms with E-state index in [0.717, 1.165) is 11.3 Å². The molecule has 1 unspecified atom stereocenters. The SMILES string of the molecule is Cc1ccc(C(=O)N2CCc3c(cnn3C)C2C(N)=O)c(Cl)c1Cl. The Bertz CT molecular complexity index is 847. The number of nitrogens with zero attached hydrogens (tertiary/aromatic N) is 3. The Kier molecular flexibility index (Phi) is 4.27. The van der Waals surface area contributed by atoms with Crippen molar-refractivity contribution in [2.45, 2.75) is 19.4 Å². The van der Waals surface area contributed by atoms with Gasteiger partial charge in [0.2, 0.25) is 5.91 Å². The number of nitrogens with two attached hydrogens (primary N) is 1.